The van der Waals surface area contributed by atoms with Gasteiger partial charge in [0.05, 0.1) is 5.66 Å². The zero-order chi connectivity index (χ0) is 7.33. The highest BCUT2D eigenvalue weighted by atomic mass is 14.9. The van der Waals surface area contributed by atoms with E-state index < -0.39 is 5.66 Å². The second-order valence-corrected chi connectivity index (χ2v) is 2.73. The third kappa shape index (κ3) is 4.43. The summed E-state index contributed by atoms with van der Waals surface area (Å²) >= 11 is 0. The molecule has 0 spiro atoms. The molecule has 2 heteroatoms. The highest BCUT2D eigenvalue weighted by Crippen LogP contribution is 2.08. The summed E-state index contributed by atoms with van der Waals surface area (Å²) in [4.78, 5) is 0. The Balaban J connectivity index is 3.43. The van der Waals surface area contributed by atoms with Gasteiger partial charge in [0.2, 0.25) is 0 Å². The van der Waals surface area contributed by atoms with Gasteiger partial charge in [-0.3, -0.25) is 0 Å². The topological polar surface area (TPSA) is 52.0 Å². The van der Waals surface area contributed by atoms with E-state index in [4.69, 9.17) is 11.5 Å². The van der Waals surface area contributed by atoms with Crippen molar-refractivity contribution in [1.29, 1.82) is 0 Å². The van der Waals surface area contributed by atoms with Crippen LogP contribution in [0.2, 0.25) is 0 Å². The molecule has 9 heavy (non-hydrogen) atoms. The van der Waals surface area contributed by atoms with E-state index in [0.717, 1.165) is 25.7 Å². The lowest BCUT2D eigenvalue weighted by molar-refractivity contribution is 0.371. The van der Waals surface area contributed by atoms with E-state index in [1.165, 1.54) is 0 Å². The summed E-state index contributed by atoms with van der Waals surface area (Å²) in [6, 6.07) is 0. The van der Waals surface area contributed by atoms with Crippen molar-refractivity contribution in [2.75, 3.05) is 0 Å². The van der Waals surface area contributed by atoms with Crippen molar-refractivity contribution in [3.63, 3.8) is 0 Å². The van der Waals surface area contributed by atoms with E-state index in [0.29, 0.717) is 0 Å². The molecule has 0 bridgehead atoms. The third-order valence-electron chi connectivity index (χ3n) is 1.43. The lowest BCUT2D eigenvalue weighted by Gasteiger charge is -2.22. The molecule has 0 saturated carbocycles. The van der Waals surface area contributed by atoms with Crippen LogP contribution in [-0.2, 0) is 0 Å². The van der Waals surface area contributed by atoms with Crippen LogP contribution < -0.4 is 11.5 Å². The van der Waals surface area contributed by atoms with E-state index in [1.54, 1.807) is 0 Å². The van der Waals surface area contributed by atoms with E-state index in [-0.39, 0.29) is 0 Å². The Bertz CT molecular complexity index is 61.3. The van der Waals surface area contributed by atoms with Crippen molar-refractivity contribution in [1.82, 2.24) is 0 Å². The van der Waals surface area contributed by atoms with E-state index in [2.05, 4.69) is 13.8 Å². The van der Waals surface area contributed by atoms with Crippen LogP contribution in [0.4, 0.5) is 0 Å². The average molecular weight is 130 g/mol. The molecule has 0 radical (unpaired) electrons. The smallest absolute Gasteiger partial charge is 0.0636 e. The summed E-state index contributed by atoms with van der Waals surface area (Å²) < 4.78 is 0. The Morgan fingerprint density at radius 1 is 1.00 bits per heavy atom. The maximum atomic E-state index is 5.72. The minimum absolute atomic E-state index is 0.399. The van der Waals surface area contributed by atoms with Crippen molar-refractivity contribution in [3.8, 4) is 0 Å². The molecule has 0 aromatic carbocycles. The van der Waals surface area contributed by atoms with Gasteiger partial charge in [0, 0.05) is 0 Å². The fourth-order valence-corrected chi connectivity index (χ4v) is 1.06. The molecule has 56 valence electrons. The summed E-state index contributed by atoms with van der Waals surface area (Å²) in [5.41, 5.74) is 11.0. The van der Waals surface area contributed by atoms with Crippen LogP contribution in [-0.4, -0.2) is 5.66 Å². The Hall–Kier alpha value is -0.0800. The standard InChI is InChI=1S/C7H18N2/c1-3-5-7(8,9)6-4-2/h3-6,8-9H2,1-2H3. The summed E-state index contributed by atoms with van der Waals surface area (Å²) in [5.74, 6) is 0. The largest absolute Gasteiger partial charge is 0.313 e. The number of nitrogens with two attached hydrogens (primary N) is 2. The fourth-order valence-electron chi connectivity index (χ4n) is 1.06. The van der Waals surface area contributed by atoms with E-state index in [9.17, 15) is 0 Å². The van der Waals surface area contributed by atoms with Gasteiger partial charge in [-0.1, -0.05) is 26.7 Å². The second kappa shape index (κ2) is 3.85. The normalized spacial score (nSPS) is 12.0. The minimum atomic E-state index is -0.399. The van der Waals surface area contributed by atoms with Crippen LogP contribution in [0.1, 0.15) is 39.5 Å². The molecule has 4 N–H and O–H groups in total. The first-order valence-electron chi connectivity index (χ1n) is 3.70. The third-order valence-corrected chi connectivity index (χ3v) is 1.43. The molecule has 0 amide bonds. The summed E-state index contributed by atoms with van der Waals surface area (Å²) in [6.07, 6.45) is 4.02. The number of hydrogen-bond acceptors (Lipinski definition) is 2. The molecule has 0 aliphatic carbocycles. The van der Waals surface area contributed by atoms with Gasteiger partial charge >= 0.3 is 0 Å². The Kier molecular flexibility index (Phi) is 3.82. The molecule has 0 rings (SSSR count). The van der Waals surface area contributed by atoms with Crippen LogP contribution in [0.3, 0.4) is 0 Å². The highest BCUT2D eigenvalue weighted by Gasteiger charge is 2.14. The van der Waals surface area contributed by atoms with E-state index in [1.807, 2.05) is 0 Å². The second-order valence-electron chi connectivity index (χ2n) is 2.73. The predicted octanol–water partition coefficient (Wildman–Crippen LogP) is 1.20. The van der Waals surface area contributed by atoms with Gasteiger partial charge in [-0.2, -0.15) is 0 Å². The average Bonchev–Trinajstić information content (AvgIpc) is 1.64. The van der Waals surface area contributed by atoms with Crippen molar-refractivity contribution >= 4 is 0 Å². The van der Waals surface area contributed by atoms with Gasteiger partial charge < -0.3 is 11.5 Å². The van der Waals surface area contributed by atoms with Crippen molar-refractivity contribution in [2.24, 2.45) is 11.5 Å². The lowest BCUT2D eigenvalue weighted by Crippen LogP contribution is -2.48. The Morgan fingerprint density at radius 2 is 1.33 bits per heavy atom. The van der Waals surface area contributed by atoms with Gasteiger partial charge in [0.25, 0.3) is 0 Å². The zero-order valence-electron chi connectivity index (χ0n) is 6.48. The molecule has 0 aromatic heterocycles. The van der Waals surface area contributed by atoms with Crippen molar-refractivity contribution < 1.29 is 0 Å². The molecule has 0 aliphatic heterocycles. The van der Waals surface area contributed by atoms with Crippen LogP contribution in [0.5, 0.6) is 0 Å². The summed E-state index contributed by atoms with van der Waals surface area (Å²) in [7, 11) is 0. The van der Waals surface area contributed by atoms with Crippen molar-refractivity contribution in [3.05, 3.63) is 0 Å². The van der Waals surface area contributed by atoms with Crippen LogP contribution >= 0.6 is 0 Å². The minimum Gasteiger partial charge on any atom is -0.313 e. The first-order valence-corrected chi connectivity index (χ1v) is 3.70. The number of rotatable bonds is 4. The molecule has 0 atom stereocenters. The number of hydrogen-bond donors (Lipinski definition) is 2. The first-order chi connectivity index (χ1) is 4.12. The molecule has 0 saturated heterocycles. The van der Waals surface area contributed by atoms with Crippen LogP contribution in [0, 0.1) is 0 Å². The lowest BCUT2D eigenvalue weighted by atomic mass is 10.0. The molecule has 0 aliphatic rings. The molecule has 0 aromatic rings. The summed E-state index contributed by atoms with van der Waals surface area (Å²) in [5, 5.41) is 0. The molecular weight excluding hydrogens is 112 g/mol. The molecule has 2 nitrogen and oxygen atoms in total. The quantitative estimate of drug-likeness (QED) is 0.562. The van der Waals surface area contributed by atoms with Gasteiger partial charge in [-0.15, -0.1) is 0 Å². The molecular formula is C7H18N2. The summed E-state index contributed by atoms with van der Waals surface area (Å²) in [6.45, 7) is 4.20. The van der Waals surface area contributed by atoms with Gasteiger partial charge in [-0.25, -0.2) is 0 Å². The Labute approximate surface area is 57.6 Å². The maximum Gasteiger partial charge on any atom is 0.0636 e. The predicted molar refractivity (Wildman–Crippen MR) is 40.9 cm³/mol. The van der Waals surface area contributed by atoms with Gasteiger partial charge in [-0.05, 0) is 12.8 Å². The maximum absolute atomic E-state index is 5.72. The Morgan fingerprint density at radius 3 is 1.56 bits per heavy atom. The SMILES string of the molecule is CCCC(N)(N)CCC. The van der Waals surface area contributed by atoms with E-state index >= 15 is 0 Å². The van der Waals surface area contributed by atoms with Crippen molar-refractivity contribution in [2.45, 2.75) is 45.2 Å². The molecule has 0 heterocycles. The van der Waals surface area contributed by atoms with Crippen LogP contribution in [0.15, 0.2) is 0 Å². The fraction of sp³-hybridized carbons (Fsp3) is 1.00. The highest BCUT2D eigenvalue weighted by molar-refractivity contribution is 4.74. The van der Waals surface area contributed by atoms with Crippen LogP contribution in [0.25, 0.3) is 0 Å². The zero-order valence-corrected chi connectivity index (χ0v) is 6.48. The van der Waals surface area contributed by atoms with Gasteiger partial charge in [0.1, 0.15) is 0 Å². The molecule has 0 fully saturated rings. The van der Waals surface area contributed by atoms with Gasteiger partial charge in [0.15, 0.2) is 0 Å². The molecule has 0 unspecified atom stereocenters. The first kappa shape index (κ1) is 8.92. The monoisotopic (exact) mass is 130 g/mol.